The van der Waals surface area contributed by atoms with Gasteiger partial charge in [-0.15, -0.1) is 0 Å². The molecule has 0 aromatic carbocycles. The number of hydrogen-bond donors (Lipinski definition) is 1. The average Bonchev–Trinajstić information content (AvgIpc) is 3.39. The number of fused-ring (bicyclic) bond motifs is 1. The summed E-state index contributed by atoms with van der Waals surface area (Å²) in [6, 6.07) is 4.53. The lowest BCUT2D eigenvalue weighted by molar-refractivity contribution is -0.135. The maximum absolute atomic E-state index is 13.2. The van der Waals surface area contributed by atoms with Crippen LogP contribution in [0.2, 0.25) is 0 Å². The molecule has 2 fully saturated rings. The summed E-state index contributed by atoms with van der Waals surface area (Å²) in [4.78, 5) is 42.7. The van der Waals surface area contributed by atoms with Crippen molar-refractivity contribution in [3.8, 4) is 0 Å². The molecule has 2 aromatic rings. The maximum atomic E-state index is 13.2. The molecular weight excluding hydrogens is 414 g/mol. The Labute approximate surface area is 195 Å². The van der Waals surface area contributed by atoms with Crippen LogP contribution in [-0.4, -0.2) is 49.8 Å². The van der Waals surface area contributed by atoms with Crippen LogP contribution in [0.15, 0.2) is 29.3 Å². The second kappa shape index (κ2) is 10.2. The predicted molar refractivity (Wildman–Crippen MR) is 127 cm³/mol. The third kappa shape index (κ3) is 5.03. The zero-order valence-corrected chi connectivity index (χ0v) is 19.5. The van der Waals surface area contributed by atoms with E-state index >= 15 is 0 Å². The van der Waals surface area contributed by atoms with Gasteiger partial charge in [-0.05, 0) is 69.1 Å². The summed E-state index contributed by atoms with van der Waals surface area (Å²) in [6.45, 7) is 2.46. The van der Waals surface area contributed by atoms with Crippen molar-refractivity contribution in [1.29, 1.82) is 0 Å². The fourth-order valence-electron chi connectivity index (χ4n) is 5.87. The number of amides is 1. The summed E-state index contributed by atoms with van der Waals surface area (Å²) in [5.74, 6) is 0.857. The topological polar surface area (TPSA) is 82.2 Å². The molecule has 1 atom stereocenters. The molecule has 1 saturated heterocycles. The van der Waals surface area contributed by atoms with Crippen LogP contribution in [0.5, 0.6) is 0 Å². The number of H-pyrrole nitrogens is 1. The highest BCUT2D eigenvalue weighted by Crippen LogP contribution is 2.31. The molecule has 3 aliphatic rings. The largest absolute Gasteiger partial charge is 0.333 e. The second-order valence-electron chi connectivity index (χ2n) is 9.84. The molecule has 0 spiro atoms. The first-order valence-electron chi connectivity index (χ1n) is 12.7. The molecule has 4 heterocycles. The van der Waals surface area contributed by atoms with E-state index < -0.39 is 0 Å². The molecule has 5 rings (SSSR count). The molecular formula is C26H35N5O2. The Morgan fingerprint density at radius 3 is 2.67 bits per heavy atom. The number of aromatic amines is 1. The smallest absolute Gasteiger partial charge is 0.254 e. The number of carbonyl (C=O) groups excluding carboxylic acids is 1. The van der Waals surface area contributed by atoms with Gasteiger partial charge in [-0.2, -0.15) is 0 Å². The summed E-state index contributed by atoms with van der Waals surface area (Å²) in [6.07, 6.45) is 14.6. The van der Waals surface area contributed by atoms with Crippen molar-refractivity contribution in [3.63, 3.8) is 0 Å². The van der Waals surface area contributed by atoms with E-state index in [-0.39, 0.29) is 17.5 Å². The molecule has 1 aliphatic carbocycles. The maximum Gasteiger partial charge on any atom is 0.254 e. The Morgan fingerprint density at radius 1 is 1.06 bits per heavy atom. The van der Waals surface area contributed by atoms with Crippen molar-refractivity contribution in [2.75, 3.05) is 13.1 Å². The molecule has 1 N–H and O–H groups in total. The average molecular weight is 450 g/mol. The van der Waals surface area contributed by atoms with Crippen molar-refractivity contribution >= 4 is 5.91 Å². The van der Waals surface area contributed by atoms with E-state index in [1.165, 1.54) is 31.2 Å². The number of hydrogen-bond acceptors (Lipinski definition) is 5. The van der Waals surface area contributed by atoms with E-state index in [1.807, 2.05) is 17.0 Å². The molecule has 2 aromatic heterocycles. The fourth-order valence-corrected chi connectivity index (χ4v) is 5.87. The molecule has 1 unspecified atom stereocenters. The summed E-state index contributed by atoms with van der Waals surface area (Å²) < 4.78 is 0. The van der Waals surface area contributed by atoms with Crippen molar-refractivity contribution in [1.82, 2.24) is 24.8 Å². The Kier molecular flexibility index (Phi) is 6.85. The highest BCUT2D eigenvalue weighted by atomic mass is 16.2. The van der Waals surface area contributed by atoms with Crippen LogP contribution in [0.3, 0.4) is 0 Å². The predicted octanol–water partition coefficient (Wildman–Crippen LogP) is 3.54. The van der Waals surface area contributed by atoms with E-state index in [9.17, 15) is 9.59 Å². The monoisotopic (exact) mass is 449 g/mol. The number of piperidine rings is 1. The first-order valence-corrected chi connectivity index (χ1v) is 12.7. The normalized spacial score (nSPS) is 21.8. The van der Waals surface area contributed by atoms with Crippen LogP contribution in [0.25, 0.3) is 0 Å². The van der Waals surface area contributed by atoms with Crippen LogP contribution in [0, 0.1) is 0 Å². The third-order valence-electron chi connectivity index (χ3n) is 7.71. The number of aromatic nitrogens is 3. The highest BCUT2D eigenvalue weighted by molar-refractivity contribution is 5.76. The Hall–Kier alpha value is -2.54. The summed E-state index contributed by atoms with van der Waals surface area (Å²) >= 11 is 0. The number of carbonyl (C=O) groups is 1. The van der Waals surface area contributed by atoms with Crippen molar-refractivity contribution in [2.45, 2.75) is 89.3 Å². The van der Waals surface area contributed by atoms with Crippen LogP contribution < -0.4 is 5.56 Å². The lowest BCUT2D eigenvalue weighted by Gasteiger charge is -2.36. The Morgan fingerprint density at radius 2 is 1.85 bits per heavy atom. The molecule has 176 valence electrons. The lowest BCUT2D eigenvalue weighted by atomic mass is 9.99. The van der Waals surface area contributed by atoms with Crippen LogP contribution in [0.4, 0.5) is 0 Å². The first kappa shape index (κ1) is 22.3. The van der Waals surface area contributed by atoms with Crippen LogP contribution >= 0.6 is 0 Å². The van der Waals surface area contributed by atoms with Crippen molar-refractivity contribution in [3.05, 3.63) is 57.5 Å². The van der Waals surface area contributed by atoms with E-state index in [4.69, 9.17) is 4.98 Å². The number of pyridine rings is 1. The fraction of sp³-hybridized carbons (Fsp3) is 0.615. The van der Waals surface area contributed by atoms with Gasteiger partial charge < -0.3 is 9.88 Å². The number of likely N-dealkylation sites (tertiary alicyclic amines) is 1. The minimum atomic E-state index is -0.118. The second-order valence-corrected chi connectivity index (χ2v) is 9.84. The van der Waals surface area contributed by atoms with Gasteiger partial charge in [0.1, 0.15) is 5.82 Å². The van der Waals surface area contributed by atoms with Crippen LogP contribution in [0.1, 0.15) is 86.5 Å². The summed E-state index contributed by atoms with van der Waals surface area (Å²) in [7, 11) is 0. The summed E-state index contributed by atoms with van der Waals surface area (Å²) in [5.41, 5.74) is 2.99. The Bertz CT molecular complexity index is 1020. The zero-order valence-electron chi connectivity index (χ0n) is 19.5. The zero-order chi connectivity index (χ0) is 22.6. The summed E-state index contributed by atoms with van der Waals surface area (Å²) in [5, 5.41) is 0. The molecule has 0 radical (unpaired) electrons. The van der Waals surface area contributed by atoms with Crippen molar-refractivity contribution < 1.29 is 4.79 Å². The van der Waals surface area contributed by atoms with Gasteiger partial charge in [-0.25, -0.2) is 4.98 Å². The molecule has 1 saturated carbocycles. The standard InChI is InChI=1S/C26H35N5O2/c32-24(10-5-6-19-11-14-27-15-12-19)31-16-4-3-9-23(31)25-28-22-18-30(20-7-1-2-8-20)17-13-21(22)26(33)29-25/h11-12,14-15,20,23H,1-10,13,16-18H2,(H,28,29,33). The van der Waals surface area contributed by atoms with Crippen molar-refractivity contribution in [2.24, 2.45) is 0 Å². The molecule has 1 amide bonds. The molecule has 7 heteroatoms. The first-order chi connectivity index (χ1) is 16.2. The van der Waals surface area contributed by atoms with Gasteiger partial charge in [0, 0.05) is 50.1 Å². The van der Waals surface area contributed by atoms with Gasteiger partial charge in [0.05, 0.1) is 11.7 Å². The minimum absolute atomic E-state index is 0.00303. The van der Waals surface area contributed by atoms with Crippen LogP contribution in [-0.2, 0) is 24.2 Å². The number of nitrogens with one attached hydrogen (secondary N) is 1. The van der Waals surface area contributed by atoms with Gasteiger partial charge in [0.25, 0.3) is 5.56 Å². The number of aryl methyl sites for hydroxylation is 1. The van der Waals surface area contributed by atoms with E-state index in [0.717, 1.165) is 69.4 Å². The quantitative estimate of drug-likeness (QED) is 0.729. The molecule has 2 aliphatic heterocycles. The number of nitrogens with zero attached hydrogens (tertiary/aromatic N) is 4. The Balaban J connectivity index is 1.29. The van der Waals surface area contributed by atoms with Gasteiger partial charge in [-0.3, -0.25) is 19.5 Å². The van der Waals surface area contributed by atoms with E-state index in [0.29, 0.717) is 18.3 Å². The van der Waals surface area contributed by atoms with E-state index in [2.05, 4.69) is 14.9 Å². The highest BCUT2D eigenvalue weighted by Gasteiger charge is 2.32. The number of rotatable bonds is 6. The molecule has 7 nitrogen and oxygen atoms in total. The van der Waals surface area contributed by atoms with Gasteiger partial charge in [0.15, 0.2) is 0 Å². The van der Waals surface area contributed by atoms with Gasteiger partial charge in [-0.1, -0.05) is 12.8 Å². The minimum Gasteiger partial charge on any atom is -0.333 e. The van der Waals surface area contributed by atoms with Gasteiger partial charge >= 0.3 is 0 Å². The third-order valence-corrected chi connectivity index (χ3v) is 7.71. The lowest BCUT2D eigenvalue weighted by Crippen LogP contribution is -2.43. The SMILES string of the molecule is O=C(CCCc1ccncc1)N1CCCCC1c1nc2c(c(=O)[nH]1)CCN(C1CCCC1)C2. The molecule has 0 bridgehead atoms. The molecule has 33 heavy (non-hydrogen) atoms. The van der Waals surface area contributed by atoms with Gasteiger partial charge in [0.2, 0.25) is 5.91 Å². The van der Waals surface area contributed by atoms with E-state index in [1.54, 1.807) is 12.4 Å².